The van der Waals surface area contributed by atoms with Gasteiger partial charge in [-0.15, -0.1) is 0 Å². The summed E-state index contributed by atoms with van der Waals surface area (Å²) in [5, 5.41) is 3.74. The number of nitrogens with zero attached hydrogens (tertiary/aromatic N) is 2. The predicted octanol–water partition coefficient (Wildman–Crippen LogP) is 0.771. The molecule has 6 heteroatoms. The summed E-state index contributed by atoms with van der Waals surface area (Å²) in [5.74, 6) is -0.125. The Hall–Kier alpha value is -1.59. The number of benzene rings is 1. The van der Waals surface area contributed by atoms with E-state index in [0.29, 0.717) is 24.7 Å². The summed E-state index contributed by atoms with van der Waals surface area (Å²) < 4.78 is 0. The van der Waals surface area contributed by atoms with Crippen LogP contribution >= 0.6 is 11.6 Å². The van der Waals surface area contributed by atoms with E-state index in [2.05, 4.69) is 5.32 Å². The molecule has 0 saturated carbocycles. The van der Waals surface area contributed by atoms with Crippen LogP contribution in [0.2, 0.25) is 5.02 Å². The molecule has 2 amide bonds. The smallest absolute Gasteiger partial charge is 0.246 e. The quantitative estimate of drug-likeness (QED) is 0.897. The summed E-state index contributed by atoms with van der Waals surface area (Å²) in [6, 6.07) is 6.85. The van der Waals surface area contributed by atoms with Gasteiger partial charge in [-0.1, -0.05) is 29.8 Å². The molecular weight excluding hydrogens is 290 g/mol. The lowest BCUT2D eigenvalue weighted by Gasteiger charge is -2.36. The van der Waals surface area contributed by atoms with Gasteiger partial charge in [0.2, 0.25) is 11.8 Å². The summed E-state index contributed by atoms with van der Waals surface area (Å²) in [4.78, 5) is 27.9. The average Bonchev–Trinajstić information content (AvgIpc) is 2.48. The molecule has 1 N–H and O–H groups in total. The third-order valence-electron chi connectivity index (χ3n) is 3.59. The number of nitrogens with one attached hydrogen (secondary N) is 1. The SMILES string of the molecule is CN(C)C(=O)C1CNCCN1C(=O)Cc1ccccc1Cl. The van der Waals surface area contributed by atoms with Crippen molar-refractivity contribution in [3.63, 3.8) is 0 Å². The van der Waals surface area contributed by atoms with Crippen LogP contribution in [0.1, 0.15) is 5.56 Å². The van der Waals surface area contributed by atoms with Crippen molar-refractivity contribution < 1.29 is 9.59 Å². The molecule has 1 heterocycles. The first kappa shape index (κ1) is 15.8. The molecule has 0 bridgehead atoms. The van der Waals surface area contributed by atoms with E-state index < -0.39 is 6.04 Å². The third-order valence-corrected chi connectivity index (χ3v) is 3.96. The molecule has 0 aliphatic carbocycles. The van der Waals surface area contributed by atoms with Crippen molar-refractivity contribution in [1.82, 2.24) is 15.1 Å². The van der Waals surface area contributed by atoms with Crippen LogP contribution in [0.15, 0.2) is 24.3 Å². The summed E-state index contributed by atoms with van der Waals surface area (Å²) in [7, 11) is 3.40. The number of amides is 2. The van der Waals surface area contributed by atoms with Crippen molar-refractivity contribution in [2.24, 2.45) is 0 Å². The van der Waals surface area contributed by atoms with Crippen LogP contribution in [0, 0.1) is 0 Å². The predicted molar refractivity (Wildman–Crippen MR) is 82.2 cm³/mol. The summed E-state index contributed by atoms with van der Waals surface area (Å²) in [6.45, 7) is 1.73. The van der Waals surface area contributed by atoms with Crippen LogP contribution in [0.25, 0.3) is 0 Å². The minimum Gasteiger partial charge on any atom is -0.347 e. The number of hydrogen-bond donors (Lipinski definition) is 1. The molecular formula is C15H20ClN3O2. The zero-order valence-electron chi connectivity index (χ0n) is 12.3. The normalized spacial score (nSPS) is 18.4. The van der Waals surface area contributed by atoms with Gasteiger partial charge >= 0.3 is 0 Å². The van der Waals surface area contributed by atoms with E-state index in [0.717, 1.165) is 5.56 Å². The molecule has 2 rings (SSSR count). The fourth-order valence-corrected chi connectivity index (χ4v) is 2.63. The minimum atomic E-state index is -0.441. The first-order valence-electron chi connectivity index (χ1n) is 6.95. The highest BCUT2D eigenvalue weighted by atomic mass is 35.5. The van der Waals surface area contributed by atoms with Crippen molar-refractivity contribution >= 4 is 23.4 Å². The third kappa shape index (κ3) is 3.74. The zero-order valence-corrected chi connectivity index (χ0v) is 13.1. The highest BCUT2D eigenvalue weighted by Crippen LogP contribution is 2.17. The lowest BCUT2D eigenvalue weighted by atomic mass is 10.1. The van der Waals surface area contributed by atoms with Crippen LogP contribution in [0.4, 0.5) is 0 Å². The Balaban J connectivity index is 2.12. The second kappa shape index (κ2) is 6.91. The number of carbonyl (C=O) groups excluding carboxylic acids is 2. The van der Waals surface area contributed by atoms with Gasteiger partial charge in [-0.2, -0.15) is 0 Å². The minimum absolute atomic E-state index is 0.0605. The van der Waals surface area contributed by atoms with Crippen LogP contribution in [-0.4, -0.2) is 61.4 Å². The zero-order chi connectivity index (χ0) is 15.4. The molecule has 21 heavy (non-hydrogen) atoms. The van der Waals surface area contributed by atoms with E-state index in [1.807, 2.05) is 18.2 Å². The molecule has 1 aliphatic heterocycles. The largest absolute Gasteiger partial charge is 0.347 e. The molecule has 1 fully saturated rings. The van der Waals surface area contributed by atoms with Crippen molar-refractivity contribution in [1.29, 1.82) is 0 Å². The fraction of sp³-hybridized carbons (Fsp3) is 0.467. The molecule has 1 atom stereocenters. The van der Waals surface area contributed by atoms with Gasteiger partial charge in [0.05, 0.1) is 6.42 Å². The second-order valence-corrected chi connectivity index (χ2v) is 5.72. The lowest BCUT2D eigenvalue weighted by molar-refractivity contribution is -0.145. The number of hydrogen-bond acceptors (Lipinski definition) is 3. The molecule has 0 aromatic heterocycles. The Morgan fingerprint density at radius 3 is 2.76 bits per heavy atom. The van der Waals surface area contributed by atoms with E-state index in [9.17, 15) is 9.59 Å². The first-order valence-corrected chi connectivity index (χ1v) is 7.33. The Morgan fingerprint density at radius 2 is 2.10 bits per heavy atom. The van der Waals surface area contributed by atoms with Crippen molar-refractivity contribution in [2.75, 3.05) is 33.7 Å². The second-order valence-electron chi connectivity index (χ2n) is 5.31. The van der Waals surface area contributed by atoms with Gasteiger partial charge in [-0.3, -0.25) is 9.59 Å². The van der Waals surface area contributed by atoms with Crippen LogP contribution < -0.4 is 5.32 Å². The average molecular weight is 310 g/mol. The van der Waals surface area contributed by atoms with Gasteiger partial charge in [-0.05, 0) is 11.6 Å². The standard InChI is InChI=1S/C15H20ClN3O2/c1-18(2)15(21)13-10-17-7-8-19(13)14(20)9-11-5-3-4-6-12(11)16/h3-6,13,17H,7-10H2,1-2H3. The summed E-state index contributed by atoms with van der Waals surface area (Å²) in [5.41, 5.74) is 0.791. The van der Waals surface area contributed by atoms with Crippen molar-refractivity contribution in [2.45, 2.75) is 12.5 Å². The van der Waals surface area contributed by atoms with Gasteiger partial charge in [0, 0.05) is 38.8 Å². The van der Waals surface area contributed by atoms with Crippen molar-refractivity contribution in [3.8, 4) is 0 Å². The molecule has 1 aromatic carbocycles. The molecule has 1 saturated heterocycles. The number of piperazine rings is 1. The lowest BCUT2D eigenvalue weighted by Crippen LogP contribution is -2.59. The number of likely N-dealkylation sites (N-methyl/N-ethyl adjacent to an activating group) is 1. The molecule has 1 aliphatic rings. The molecule has 1 aromatic rings. The fourth-order valence-electron chi connectivity index (χ4n) is 2.43. The summed E-state index contributed by atoms with van der Waals surface area (Å²) in [6.07, 6.45) is 0.219. The number of halogens is 1. The maximum Gasteiger partial charge on any atom is 0.246 e. The van der Waals surface area contributed by atoms with Gasteiger partial charge in [0.15, 0.2) is 0 Å². The maximum absolute atomic E-state index is 12.5. The Kier molecular flexibility index (Phi) is 5.20. The highest BCUT2D eigenvalue weighted by Gasteiger charge is 2.32. The maximum atomic E-state index is 12.5. The van der Waals surface area contributed by atoms with E-state index in [1.54, 1.807) is 25.1 Å². The van der Waals surface area contributed by atoms with Crippen LogP contribution in [0.3, 0.4) is 0 Å². The highest BCUT2D eigenvalue weighted by molar-refractivity contribution is 6.31. The Morgan fingerprint density at radius 1 is 1.38 bits per heavy atom. The molecule has 5 nitrogen and oxygen atoms in total. The number of rotatable bonds is 3. The summed E-state index contributed by atoms with van der Waals surface area (Å²) >= 11 is 6.10. The molecule has 1 unspecified atom stereocenters. The topological polar surface area (TPSA) is 52.7 Å². The van der Waals surface area contributed by atoms with Crippen LogP contribution in [-0.2, 0) is 16.0 Å². The van der Waals surface area contributed by atoms with E-state index in [1.165, 1.54) is 4.90 Å². The van der Waals surface area contributed by atoms with Gasteiger partial charge in [0.25, 0.3) is 0 Å². The molecule has 0 radical (unpaired) electrons. The van der Waals surface area contributed by atoms with Crippen molar-refractivity contribution in [3.05, 3.63) is 34.9 Å². The molecule has 114 valence electrons. The van der Waals surface area contributed by atoms with Crippen LogP contribution in [0.5, 0.6) is 0 Å². The Bertz CT molecular complexity index is 533. The van der Waals surface area contributed by atoms with Gasteiger partial charge < -0.3 is 15.1 Å². The number of carbonyl (C=O) groups is 2. The molecule has 0 spiro atoms. The van der Waals surface area contributed by atoms with Gasteiger partial charge in [0.1, 0.15) is 6.04 Å². The van der Waals surface area contributed by atoms with E-state index >= 15 is 0 Å². The Labute approximate surface area is 129 Å². The van der Waals surface area contributed by atoms with E-state index in [-0.39, 0.29) is 18.2 Å². The van der Waals surface area contributed by atoms with E-state index in [4.69, 9.17) is 11.6 Å². The monoisotopic (exact) mass is 309 g/mol. The first-order chi connectivity index (χ1) is 10.0. The van der Waals surface area contributed by atoms with Gasteiger partial charge in [-0.25, -0.2) is 0 Å².